The van der Waals surface area contributed by atoms with Crippen LogP contribution in [0.15, 0.2) is 0 Å². The second kappa shape index (κ2) is 2.61. The van der Waals surface area contributed by atoms with Gasteiger partial charge >= 0.3 is 12.1 Å². The molecule has 2 rings (SSSR count). The molecule has 5 nitrogen and oxygen atoms in total. The molecule has 1 amide bonds. The molecule has 1 saturated heterocycles. The summed E-state index contributed by atoms with van der Waals surface area (Å²) in [6, 6.07) is 0. The summed E-state index contributed by atoms with van der Waals surface area (Å²) in [5, 5.41) is 2.71. The minimum absolute atomic E-state index is 0.0769. The lowest BCUT2D eigenvalue weighted by atomic mass is 9.69. The molecule has 1 saturated carbocycles. The van der Waals surface area contributed by atoms with E-state index < -0.39 is 0 Å². The molecule has 72 valence electrons. The van der Waals surface area contributed by atoms with Gasteiger partial charge in [-0.25, -0.2) is 4.79 Å². The number of carbonyl (C=O) groups is 2. The topological polar surface area (TPSA) is 64.6 Å². The van der Waals surface area contributed by atoms with Gasteiger partial charge in [0.15, 0.2) is 0 Å². The maximum absolute atomic E-state index is 11.0. The third kappa shape index (κ3) is 1.24. The number of amides is 1. The lowest BCUT2D eigenvalue weighted by Crippen LogP contribution is -2.56. The van der Waals surface area contributed by atoms with Crippen LogP contribution in [-0.2, 0) is 14.3 Å². The van der Waals surface area contributed by atoms with Crippen LogP contribution in [0.2, 0.25) is 0 Å². The fourth-order valence-corrected chi connectivity index (χ4v) is 1.93. The van der Waals surface area contributed by atoms with Gasteiger partial charge in [0.25, 0.3) is 0 Å². The largest absolute Gasteiger partial charge is 0.469 e. The van der Waals surface area contributed by atoms with Gasteiger partial charge in [-0.15, -0.1) is 0 Å². The van der Waals surface area contributed by atoms with Crippen molar-refractivity contribution in [2.24, 2.45) is 5.92 Å². The first-order valence-corrected chi connectivity index (χ1v) is 4.18. The van der Waals surface area contributed by atoms with Crippen molar-refractivity contribution in [3.8, 4) is 0 Å². The molecule has 0 aromatic heterocycles. The number of carbonyl (C=O) groups excluding carboxylic acids is 2. The van der Waals surface area contributed by atoms with Crippen LogP contribution < -0.4 is 5.32 Å². The van der Waals surface area contributed by atoms with Gasteiger partial charge in [0.2, 0.25) is 0 Å². The number of esters is 1. The first kappa shape index (κ1) is 8.34. The molecular weight excluding hydrogens is 174 g/mol. The summed E-state index contributed by atoms with van der Waals surface area (Å²) < 4.78 is 9.36. The Morgan fingerprint density at radius 1 is 1.69 bits per heavy atom. The van der Waals surface area contributed by atoms with Crippen molar-refractivity contribution in [1.82, 2.24) is 5.32 Å². The van der Waals surface area contributed by atoms with Crippen LogP contribution in [0.3, 0.4) is 0 Å². The summed E-state index contributed by atoms with van der Waals surface area (Å²) >= 11 is 0. The Kier molecular flexibility index (Phi) is 1.68. The highest BCUT2D eigenvalue weighted by molar-refractivity contribution is 5.76. The highest BCUT2D eigenvalue weighted by atomic mass is 16.6. The molecule has 0 atom stereocenters. The standard InChI is InChI=1S/C8H11NO4/c1-12-6(10)5-2-8(3-5)4-13-7(11)9-8/h5H,2-4H2,1H3,(H,9,11). The smallest absolute Gasteiger partial charge is 0.407 e. The van der Waals surface area contributed by atoms with Gasteiger partial charge in [-0.1, -0.05) is 0 Å². The van der Waals surface area contributed by atoms with E-state index in [0.29, 0.717) is 19.4 Å². The molecule has 13 heavy (non-hydrogen) atoms. The Morgan fingerprint density at radius 3 is 2.85 bits per heavy atom. The molecule has 2 aliphatic rings. The number of cyclic esters (lactones) is 1. The van der Waals surface area contributed by atoms with Crippen molar-refractivity contribution in [3.05, 3.63) is 0 Å². The van der Waals surface area contributed by atoms with Crippen molar-refractivity contribution < 1.29 is 19.1 Å². The molecule has 2 fully saturated rings. The average molecular weight is 185 g/mol. The number of alkyl carbamates (subject to hydrolysis) is 1. The third-order valence-electron chi connectivity index (χ3n) is 2.66. The molecule has 0 bridgehead atoms. The van der Waals surface area contributed by atoms with E-state index in [9.17, 15) is 9.59 Å². The summed E-state index contributed by atoms with van der Waals surface area (Å²) in [6.45, 7) is 0.374. The molecule has 1 aliphatic carbocycles. The monoisotopic (exact) mass is 185 g/mol. The van der Waals surface area contributed by atoms with E-state index in [2.05, 4.69) is 10.1 Å². The Balaban J connectivity index is 1.90. The van der Waals surface area contributed by atoms with Gasteiger partial charge in [-0.3, -0.25) is 4.79 Å². The maximum Gasteiger partial charge on any atom is 0.407 e. The second-order valence-corrected chi connectivity index (χ2v) is 3.61. The summed E-state index contributed by atoms with van der Waals surface area (Å²) in [5.41, 5.74) is -0.282. The molecule has 0 radical (unpaired) electrons. The highest BCUT2D eigenvalue weighted by Gasteiger charge is 2.53. The molecule has 1 heterocycles. The van der Waals surface area contributed by atoms with Gasteiger partial charge in [0.05, 0.1) is 18.6 Å². The average Bonchev–Trinajstić information content (AvgIpc) is 2.43. The van der Waals surface area contributed by atoms with Crippen molar-refractivity contribution in [2.75, 3.05) is 13.7 Å². The zero-order valence-corrected chi connectivity index (χ0v) is 7.33. The normalized spacial score (nSPS) is 36.4. The molecule has 0 aromatic rings. The van der Waals surface area contributed by atoms with Crippen LogP contribution in [0, 0.1) is 5.92 Å². The van der Waals surface area contributed by atoms with E-state index in [0.717, 1.165) is 0 Å². The minimum Gasteiger partial charge on any atom is -0.469 e. The van der Waals surface area contributed by atoms with Crippen LogP contribution in [0.5, 0.6) is 0 Å². The molecule has 1 aliphatic heterocycles. The molecular formula is C8H11NO4. The number of methoxy groups -OCH3 is 1. The van der Waals surface area contributed by atoms with E-state index in [1.165, 1.54) is 7.11 Å². The Morgan fingerprint density at radius 2 is 2.38 bits per heavy atom. The lowest BCUT2D eigenvalue weighted by Gasteiger charge is -2.41. The summed E-state index contributed by atoms with van der Waals surface area (Å²) in [5.74, 6) is -0.279. The Hall–Kier alpha value is -1.26. The van der Waals surface area contributed by atoms with E-state index >= 15 is 0 Å². The first-order chi connectivity index (χ1) is 6.15. The molecule has 1 N–H and O–H groups in total. The van der Waals surface area contributed by atoms with Crippen molar-refractivity contribution in [3.63, 3.8) is 0 Å². The second-order valence-electron chi connectivity index (χ2n) is 3.61. The summed E-state index contributed by atoms with van der Waals surface area (Å²) in [7, 11) is 1.37. The van der Waals surface area contributed by atoms with E-state index in [-0.39, 0.29) is 23.5 Å². The van der Waals surface area contributed by atoms with Crippen LogP contribution in [0.1, 0.15) is 12.8 Å². The molecule has 1 spiro atoms. The predicted molar refractivity (Wildman–Crippen MR) is 42.0 cm³/mol. The summed E-state index contributed by atoms with van der Waals surface area (Å²) in [4.78, 5) is 21.8. The highest BCUT2D eigenvalue weighted by Crippen LogP contribution is 2.40. The van der Waals surface area contributed by atoms with Gasteiger partial charge in [-0.05, 0) is 12.8 Å². The Bertz CT molecular complexity index is 257. The van der Waals surface area contributed by atoms with E-state index in [1.54, 1.807) is 0 Å². The molecule has 0 unspecified atom stereocenters. The number of ether oxygens (including phenoxy) is 2. The lowest BCUT2D eigenvalue weighted by molar-refractivity contribution is -0.151. The van der Waals surface area contributed by atoms with Crippen LogP contribution in [0.25, 0.3) is 0 Å². The minimum atomic E-state index is -0.386. The zero-order chi connectivity index (χ0) is 9.47. The quantitative estimate of drug-likeness (QED) is 0.586. The number of nitrogens with one attached hydrogen (secondary N) is 1. The fraction of sp³-hybridized carbons (Fsp3) is 0.750. The van der Waals surface area contributed by atoms with Crippen molar-refractivity contribution in [1.29, 1.82) is 0 Å². The van der Waals surface area contributed by atoms with Crippen molar-refractivity contribution >= 4 is 12.1 Å². The zero-order valence-electron chi connectivity index (χ0n) is 7.33. The Labute approximate surface area is 75.4 Å². The maximum atomic E-state index is 11.0. The van der Waals surface area contributed by atoms with Gasteiger partial charge in [0.1, 0.15) is 6.61 Å². The summed E-state index contributed by atoms with van der Waals surface area (Å²) in [6.07, 6.45) is 0.875. The van der Waals surface area contributed by atoms with Crippen molar-refractivity contribution in [2.45, 2.75) is 18.4 Å². The van der Waals surface area contributed by atoms with Gasteiger partial charge < -0.3 is 14.8 Å². The fourth-order valence-electron chi connectivity index (χ4n) is 1.93. The van der Waals surface area contributed by atoms with E-state index in [4.69, 9.17) is 4.74 Å². The molecule has 5 heteroatoms. The van der Waals surface area contributed by atoms with E-state index in [1.807, 2.05) is 0 Å². The van der Waals surface area contributed by atoms with Gasteiger partial charge in [-0.2, -0.15) is 0 Å². The number of hydrogen-bond acceptors (Lipinski definition) is 4. The molecule has 0 aromatic carbocycles. The first-order valence-electron chi connectivity index (χ1n) is 4.18. The predicted octanol–water partition coefficient (Wildman–Crippen LogP) is 0.0480. The third-order valence-corrected chi connectivity index (χ3v) is 2.66. The van der Waals surface area contributed by atoms with Gasteiger partial charge in [0, 0.05) is 0 Å². The SMILES string of the molecule is COC(=O)C1CC2(COC(=O)N2)C1. The van der Waals surface area contributed by atoms with Crippen LogP contribution in [-0.4, -0.2) is 31.3 Å². The number of rotatable bonds is 1. The van der Waals surface area contributed by atoms with Crippen LogP contribution >= 0.6 is 0 Å². The number of hydrogen-bond donors (Lipinski definition) is 1. The van der Waals surface area contributed by atoms with Crippen LogP contribution in [0.4, 0.5) is 4.79 Å².